The molecule has 8 heteroatoms. The van der Waals surface area contributed by atoms with Crippen molar-refractivity contribution in [1.82, 2.24) is 0 Å². The third-order valence-corrected chi connectivity index (χ3v) is 4.75. The van der Waals surface area contributed by atoms with E-state index in [9.17, 15) is 14.9 Å². The average molecular weight is 463 g/mol. The number of nitrogens with one attached hydrogen (secondary N) is 1. The van der Waals surface area contributed by atoms with Crippen LogP contribution in [0.2, 0.25) is 5.02 Å². The van der Waals surface area contributed by atoms with Crippen LogP contribution in [-0.2, 0) is 4.79 Å². The standard InChI is InChI=1S/C25H19ClN2O5/c1-31-21-10-4-17(5-11-21)25(30)33-22-12-3-16(14-23(22)32-2)13-18(15-27)24(29)28-20-8-6-19(26)7-9-20/h3-14H,1-2H3,(H,28,29)/b18-13+. The minimum absolute atomic E-state index is 0.116. The van der Waals surface area contributed by atoms with Crippen LogP contribution < -0.4 is 19.5 Å². The van der Waals surface area contributed by atoms with Crippen LogP contribution in [0.1, 0.15) is 15.9 Å². The van der Waals surface area contributed by atoms with Crippen LogP contribution in [0.15, 0.2) is 72.3 Å². The molecule has 0 aliphatic carbocycles. The van der Waals surface area contributed by atoms with Crippen molar-refractivity contribution < 1.29 is 23.8 Å². The fourth-order valence-electron chi connectivity index (χ4n) is 2.79. The number of methoxy groups -OCH3 is 2. The highest BCUT2D eigenvalue weighted by Gasteiger charge is 2.14. The van der Waals surface area contributed by atoms with Gasteiger partial charge in [0.15, 0.2) is 11.5 Å². The van der Waals surface area contributed by atoms with E-state index in [1.54, 1.807) is 60.7 Å². The van der Waals surface area contributed by atoms with E-state index in [0.717, 1.165) is 0 Å². The Kier molecular flexibility index (Phi) is 7.68. The summed E-state index contributed by atoms with van der Waals surface area (Å²) in [6.45, 7) is 0. The van der Waals surface area contributed by atoms with Gasteiger partial charge in [0, 0.05) is 10.7 Å². The van der Waals surface area contributed by atoms with Gasteiger partial charge in [-0.05, 0) is 72.3 Å². The van der Waals surface area contributed by atoms with Crippen molar-refractivity contribution in [1.29, 1.82) is 5.26 Å². The molecule has 166 valence electrons. The van der Waals surface area contributed by atoms with Crippen LogP contribution in [0.3, 0.4) is 0 Å². The molecule has 0 spiro atoms. The van der Waals surface area contributed by atoms with E-state index >= 15 is 0 Å². The molecular formula is C25H19ClN2O5. The zero-order valence-corrected chi connectivity index (χ0v) is 18.6. The van der Waals surface area contributed by atoms with Gasteiger partial charge >= 0.3 is 5.97 Å². The number of hydrogen-bond donors (Lipinski definition) is 1. The van der Waals surface area contributed by atoms with Crippen LogP contribution in [0, 0.1) is 11.3 Å². The molecule has 3 aromatic carbocycles. The summed E-state index contributed by atoms with van der Waals surface area (Å²) in [5.41, 5.74) is 1.24. The monoisotopic (exact) mass is 462 g/mol. The summed E-state index contributed by atoms with van der Waals surface area (Å²) >= 11 is 5.84. The maximum Gasteiger partial charge on any atom is 0.343 e. The van der Waals surface area contributed by atoms with Gasteiger partial charge in [0.1, 0.15) is 17.4 Å². The molecular weight excluding hydrogens is 444 g/mol. The fourth-order valence-corrected chi connectivity index (χ4v) is 2.92. The summed E-state index contributed by atoms with van der Waals surface area (Å²) in [5.74, 6) is -0.0672. The number of amides is 1. The summed E-state index contributed by atoms with van der Waals surface area (Å²) in [6.07, 6.45) is 1.41. The van der Waals surface area contributed by atoms with Crippen LogP contribution in [0.4, 0.5) is 5.69 Å². The third-order valence-electron chi connectivity index (χ3n) is 4.49. The van der Waals surface area contributed by atoms with E-state index < -0.39 is 11.9 Å². The molecule has 1 N–H and O–H groups in total. The van der Waals surface area contributed by atoms with Gasteiger partial charge in [0.2, 0.25) is 0 Å². The molecule has 0 aliphatic heterocycles. The molecule has 33 heavy (non-hydrogen) atoms. The first kappa shape index (κ1) is 23.4. The predicted octanol–water partition coefficient (Wildman–Crippen LogP) is 5.12. The van der Waals surface area contributed by atoms with Gasteiger partial charge in [0.25, 0.3) is 5.91 Å². The van der Waals surface area contributed by atoms with Crippen LogP contribution in [0.5, 0.6) is 17.2 Å². The second-order valence-electron chi connectivity index (χ2n) is 6.66. The number of nitriles is 1. The SMILES string of the molecule is COc1ccc(C(=O)Oc2ccc(/C=C(\C#N)C(=O)Nc3ccc(Cl)cc3)cc2OC)cc1. The highest BCUT2D eigenvalue weighted by Crippen LogP contribution is 2.30. The summed E-state index contributed by atoms with van der Waals surface area (Å²) in [7, 11) is 2.96. The maximum atomic E-state index is 12.5. The molecule has 0 fully saturated rings. The largest absolute Gasteiger partial charge is 0.497 e. The van der Waals surface area contributed by atoms with Crippen molar-refractivity contribution in [3.63, 3.8) is 0 Å². The summed E-state index contributed by atoms with van der Waals surface area (Å²) < 4.78 is 15.8. The average Bonchev–Trinajstić information content (AvgIpc) is 2.84. The van der Waals surface area contributed by atoms with Crippen molar-refractivity contribution >= 4 is 35.2 Å². The first-order valence-corrected chi connectivity index (χ1v) is 10.0. The Balaban J connectivity index is 1.77. The van der Waals surface area contributed by atoms with Gasteiger partial charge in [-0.1, -0.05) is 17.7 Å². The molecule has 0 aliphatic rings. The number of anilines is 1. The highest BCUT2D eigenvalue weighted by molar-refractivity contribution is 6.30. The van der Waals surface area contributed by atoms with Crippen molar-refractivity contribution in [2.75, 3.05) is 19.5 Å². The number of esters is 1. The Morgan fingerprint density at radius 1 is 0.939 bits per heavy atom. The number of nitrogens with zero attached hydrogens (tertiary/aromatic N) is 1. The summed E-state index contributed by atoms with van der Waals surface area (Å²) in [4.78, 5) is 24.9. The minimum atomic E-state index is -0.575. The number of halogens is 1. The lowest BCUT2D eigenvalue weighted by Gasteiger charge is -2.10. The Morgan fingerprint density at radius 2 is 1.64 bits per heavy atom. The van der Waals surface area contributed by atoms with Gasteiger partial charge in [-0.25, -0.2) is 4.79 Å². The van der Waals surface area contributed by atoms with Gasteiger partial charge in [0.05, 0.1) is 19.8 Å². The highest BCUT2D eigenvalue weighted by atomic mass is 35.5. The molecule has 0 saturated heterocycles. The molecule has 3 aromatic rings. The van der Waals surface area contributed by atoms with Gasteiger partial charge in [-0.2, -0.15) is 5.26 Å². The molecule has 0 atom stereocenters. The zero-order valence-electron chi connectivity index (χ0n) is 17.8. The minimum Gasteiger partial charge on any atom is -0.497 e. The topological polar surface area (TPSA) is 97.7 Å². The van der Waals surface area contributed by atoms with Crippen molar-refractivity contribution in [3.05, 3.63) is 88.5 Å². The quantitative estimate of drug-likeness (QED) is 0.226. The normalized spacial score (nSPS) is 10.7. The molecule has 0 heterocycles. The summed E-state index contributed by atoms with van der Waals surface area (Å²) in [6, 6.07) is 19.6. The van der Waals surface area contributed by atoms with Crippen molar-refractivity contribution in [2.24, 2.45) is 0 Å². The predicted molar refractivity (Wildman–Crippen MR) is 125 cm³/mol. The molecule has 0 radical (unpaired) electrons. The van der Waals surface area contributed by atoms with E-state index in [0.29, 0.717) is 27.6 Å². The van der Waals surface area contributed by atoms with Gasteiger partial charge < -0.3 is 19.5 Å². The lowest BCUT2D eigenvalue weighted by molar-refractivity contribution is -0.112. The van der Waals surface area contributed by atoms with E-state index in [-0.39, 0.29) is 17.1 Å². The van der Waals surface area contributed by atoms with Crippen molar-refractivity contribution in [3.8, 4) is 23.3 Å². The lowest BCUT2D eigenvalue weighted by Crippen LogP contribution is -2.13. The van der Waals surface area contributed by atoms with Gasteiger partial charge in [-0.15, -0.1) is 0 Å². The van der Waals surface area contributed by atoms with E-state index in [1.807, 2.05) is 6.07 Å². The van der Waals surface area contributed by atoms with Crippen LogP contribution in [-0.4, -0.2) is 26.1 Å². The first-order chi connectivity index (χ1) is 15.9. The molecule has 7 nitrogen and oxygen atoms in total. The molecule has 1 amide bonds. The molecule has 0 unspecified atom stereocenters. The number of hydrogen-bond acceptors (Lipinski definition) is 6. The fraction of sp³-hybridized carbons (Fsp3) is 0.0800. The number of rotatable bonds is 7. The Hall–Kier alpha value is -4.28. The first-order valence-electron chi connectivity index (χ1n) is 9.66. The lowest BCUT2D eigenvalue weighted by atomic mass is 10.1. The Bertz CT molecular complexity index is 1230. The molecule has 0 saturated carbocycles. The van der Waals surface area contributed by atoms with E-state index in [1.165, 1.54) is 26.4 Å². The van der Waals surface area contributed by atoms with Gasteiger partial charge in [-0.3, -0.25) is 4.79 Å². The summed E-state index contributed by atoms with van der Waals surface area (Å²) in [5, 5.41) is 12.6. The number of carbonyl (C=O) groups is 2. The maximum absolute atomic E-state index is 12.5. The van der Waals surface area contributed by atoms with Crippen molar-refractivity contribution in [2.45, 2.75) is 0 Å². The Morgan fingerprint density at radius 3 is 2.24 bits per heavy atom. The molecule has 0 bridgehead atoms. The Labute approximate surface area is 195 Å². The number of ether oxygens (including phenoxy) is 3. The third kappa shape index (κ3) is 6.12. The second kappa shape index (κ2) is 10.8. The van der Waals surface area contributed by atoms with Crippen LogP contribution >= 0.6 is 11.6 Å². The zero-order chi connectivity index (χ0) is 23.8. The number of benzene rings is 3. The van der Waals surface area contributed by atoms with Crippen LogP contribution in [0.25, 0.3) is 6.08 Å². The second-order valence-corrected chi connectivity index (χ2v) is 7.10. The molecule has 0 aromatic heterocycles. The molecule has 3 rings (SSSR count). The number of carbonyl (C=O) groups excluding carboxylic acids is 2. The smallest absolute Gasteiger partial charge is 0.343 e. The van der Waals surface area contributed by atoms with E-state index in [4.69, 9.17) is 25.8 Å². The van der Waals surface area contributed by atoms with E-state index in [2.05, 4.69) is 5.32 Å².